The van der Waals surface area contributed by atoms with Crippen LogP contribution in [-0.2, 0) is 4.74 Å². The molecule has 6 heteroatoms. The third-order valence-corrected chi connectivity index (χ3v) is 5.75. The fraction of sp³-hybridized carbons (Fsp3) is 0.692. The zero-order valence-corrected chi connectivity index (χ0v) is 20.0. The Morgan fingerprint density at radius 2 is 1.16 bits per heavy atom. The van der Waals surface area contributed by atoms with Crippen LogP contribution in [0.15, 0.2) is 24.3 Å². The molecule has 0 atom stereocenters. The highest BCUT2D eigenvalue weighted by molar-refractivity contribution is 6.02. The second-order valence-electron chi connectivity index (χ2n) is 8.64. The van der Waals surface area contributed by atoms with E-state index in [1.807, 2.05) is 0 Å². The van der Waals surface area contributed by atoms with Gasteiger partial charge in [0.1, 0.15) is 5.75 Å². The van der Waals surface area contributed by atoms with Crippen molar-refractivity contribution in [3.63, 3.8) is 0 Å². The summed E-state index contributed by atoms with van der Waals surface area (Å²) in [6, 6.07) is 5.53. The zero-order valence-electron chi connectivity index (χ0n) is 20.0. The molecule has 0 aliphatic heterocycles. The van der Waals surface area contributed by atoms with E-state index in [9.17, 15) is 14.7 Å². The van der Waals surface area contributed by atoms with Crippen molar-refractivity contribution in [2.45, 2.75) is 110 Å². The highest BCUT2D eigenvalue weighted by Gasteiger charge is 2.20. The number of nitrogens with two attached hydrogens (primary N) is 1. The number of phenols is 1. The van der Waals surface area contributed by atoms with E-state index >= 15 is 0 Å². The molecule has 0 unspecified atom stereocenters. The van der Waals surface area contributed by atoms with Crippen LogP contribution in [0, 0.1) is 0 Å². The third-order valence-electron chi connectivity index (χ3n) is 5.75. The molecule has 0 aliphatic carbocycles. The summed E-state index contributed by atoms with van der Waals surface area (Å²) >= 11 is 0. The summed E-state index contributed by atoms with van der Waals surface area (Å²) in [5.41, 5.74) is 0.213. The molecule has 0 aromatic heterocycles. The van der Waals surface area contributed by atoms with Gasteiger partial charge < -0.3 is 9.84 Å². The first-order chi connectivity index (χ1) is 15.6. The number of benzene rings is 1. The second-order valence-corrected chi connectivity index (χ2v) is 8.64. The largest absolute Gasteiger partial charge is 0.508 e. The van der Waals surface area contributed by atoms with Crippen LogP contribution < -0.4 is 5.84 Å². The smallest absolute Gasteiger partial charge is 0.431 e. The number of ether oxygens (including phenoxy) is 1. The molecule has 0 saturated carbocycles. The first-order valence-corrected chi connectivity index (χ1v) is 12.6. The van der Waals surface area contributed by atoms with Crippen LogP contribution in [0.2, 0.25) is 0 Å². The van der Waals surface area contributed by atoms with Gasteiger partial charge in [-0.1, -0.05) is 103 Å². The minimum atomic E-state index is -0.857. The summed E-state index contributed by atoms with van der Waals surface area (Å²) in [7, 11) is 0. The van der Waals surface area contributed by atoms with Crippen LogP contribution in [0.4, 0.5) is 4.79 Å². The maximum atomic E-state index is 12.1. The summed E-state index contributed by atoms with van der Waals surface area (Å²) in [4.78, 5) is 24.0. The standard InChI is InChI=1S/C26H44N2O4/c1-2-3-4-5-6-7-8-9-10-11-12-13-14-15-16-17-22-32-26(31)28(27)25(30)23-18-20-24(29)21-19-23/h18-21,29H,2-17,22,27H2,1H3. The van der Waals surface area contributed by atoms with E-state index in [-0.39, 0.29) is 17.9 Å². The van der Waals surface area contributed by atoms with E-state index in [0.29, 0.717) is 5.01 Å². The van der Waals surface area contributed by atoms with Gasteiger partial charge in [0.05, 0.1) is 6.61 Å². The first-order valence-electron chi connectivity index (χ1n) is 12.6. The highest BCUT2D eigenvalue weighted by atomic mass is 16.6. The van der Waals surface area contributed by atoms with Gasteiger partial charge >= 0.3 is 6.09 Å². The molecule has 1 rings (SSSR count). The predicted molar refractivity (Wildman–Crippen MR) is 129 cm³/mol. The Hall–Kier alpha value is -2.08. The van der Waals surface area contributed by atoms with E-state index in [0.717, 1.165) is 19.3 Å². The maximum absolute atomic E-state index is 12.1. The average molecular weight is 449 g/mol. The van der Waals surface area contributed by atoms with Gasteiger partial charge in [-0.25, -0.2) is 10.6 Å². The van der Waals surface area contributed by atoms with Crippen LogP contribution >= 0.6 is 0 Å². The van der Waals surface area contributed by atoms with E-state index in [1.54, 1.807) is 0 Å². The third kappa shape index (κ3) is 13.4. The second kappa shape index (κ2) is 18.5. The quantitative estimate of drug-likeness (QED) is 0.108. The van der Waals surface area contributed by atoms with E-state index in [2.05, 4.69) is 6.92 Å². The Labute approximate surface area is 194 Å². The lowest BCUT2D eigenvalue weighted by Gasteiger charge is -2.14. The number of phenolic OH excluding ortho intramolecular Hbond substituents is 1. The molecule has 1 aromatic carbocycles. The van der Waals surface area contributed by atoms with Crippen molar-refractivity contribution >= 4 is 12.0 Å². The molecule has 2 amide bonds. The molecule has 32 heavy (non-hydrogen) atoms. The van der Waals surface area contributed by atoms with Gasteiger partial charge in [0.2, 0.25) is 0 Å². The van der Waals surface area contributed by atoms with Crippen LogP contribution in [0.3, 0.4) is 0 Å². The lowest BCUT2D eigenvalue weighted by atomic mass is 10.0. The van der Waals surface area contributed by atoms with Gasteiger partial charge in [0.25, 0.3) is 5.91 Å². The number of aromatic hydroxyl groups is 1. The number of imide groups is 1. The summed E-state index contributed by atoms with van der Waals surface area (Å²) in [6.45, 7) is 2.52. The summed E-state index contributed by atoms with van der Waals surface area (Å²) in [6.07, 6.45) is 19.7. The van der Waals surface area contributed by atoms with Crippen molar-refractivity contribution in [2.24, 2.45) is 5.84 Å². The Kier molecular flexibility index (Phi) is 16.1. The molecular formula is C26H44N2O4. The van der Waals surface area contributed by atoms with Crippen LogP contribution in [0.25, 0.3) is 0 Å². The number of carbonyl (C=O) groups is 2. The molecule has 0 spiro atoms. The molecule has 0 heterocycles. The summed E-state index contributed by atoms with van der Waals surface area (Å²) < 4.78 is 5.08. The lowest BCUT2D eigenvalue weighted by molar-refractivity contribution is 0.0656. The Bertz CT molecular complexity index is 619. The Morgan fingerprint density at radius 1 is 0.750 bits per heavy atom. The van der Waals surface area contributed by atoms with Gasteiger partial charge in [-0.2, -0.15) is 5.01 Å². The Balaban J connectivity index is 1.90. The topological polar surface area (TPSA) is 92.9 Å². The normalized spacial score (nSPS) is 10.8. The van der Waals surface area contributed by atoms with E-state index < -0.39 is 12.0 Å². The molecule has 0 aliphatic rings. The molecule has 0 radical (unpaired) electrons. The number of hydrazine groups is 1. The van der Waals surface area contributed by atoms with Crippen molar-refractivity contribution in [3.8, 4) is 5.75 Å². The van der Waals surface area contributed by atoms with E-state index in [1.165, 1.54) is 108 Å². The molecule has 6 nitrogen and oxygen atoms in total. The van der Waals surface area contributed by atoms with Crippen molar-refractivity contribution in [1.82, 2.24) is 5.01 Å². The van der Waals surface area contributed by atoms with Crippen LogP contribution in [0.5, 0.6) is 5.75 Å². The number of amides is 2. The van der Waals surface area contributed by atoms with Crippen molar-refractivity contribution in [1.29, 1.82) is 0 Å². The predicted octanol–water partition coefficient (Wildman–Crippen LogP) is 7.11. The van der Waals surface area contributed by atoms with Gasteiger partial charge in [0, 0.05) is 5.56 Å². The minimum Gasteiger partial charge on any atom is -0.508 e. The maximum Gasteiger partial charge on any atom is 0.431 e. The number of carbonyl (C=O) groups excluding carboxylic acids is 2. The SMILES string of the molecule is CCCCCCCCCCCCCCCCCCOC(=O)N(N)C(=O)c1ccc(O)cc1. The van der Waals surface area contributed by atoms with Crippen molar-refractivity contribution < 1.29 is 19.4 Å². The zero-order chi connectivity index (χ0) is 23.4. The van der Waals surface area contributed by atoms with Gasteiger partial charge in [0.15, 0.2) is 0 Å². The van der Waals surface area contributed by atoms with Crippen molar-refractivity contribution in [3.05, 3.63) is 29.8 Å². The Morgan fingerprint density at radius 3 is 1.59 bits per heavy atom. The fourth-order valence-corrected chi connectivity index (χ4v) is 3.71. The monoisotopic (exact) mass is 448 g/mol. The average Bonchev–Trinajstić information content (AvgIpc) is 2.80. The molecule has 3 N–H and O–H groups in total. The molecule has 1 aromatic rings. The molecule has 182 valence electrons. The minimum absolute atomic E-state index is 0.0381. The number of hydrogen-bond donors (Lipinski definition) is 2. The fourth-order valence-electron chi connectivity index (χ4n) is 3.71. The van der Waals surface area contributed by atoms with Crippen LogP contribution in [0.1, 0.15) is 120 Å². The number of nitrogens with zero attached hydrogens (tertiary/aromatic N) is 1. The van der Waals surface area contributed by atoms with Gasteiger partial charge in [-0.15, -0.1) is 0 Å². The first kappa shape index (κ1) is 28.0. The van der Waals surface area contributed by atoms with Crippen LogP contribution in [-0.4, -0.2) is 28.7 Å². The molecule has 0 saturated heterocycles. The van der Waals surface area contributed by atoms with Crippen molar-refractivity contribution in [2.75, 3.05) is 6.61 Å². The van der Waals surface area contributed by atoms with E-state index in [4.69, 9.17) is 10.6 Å². The molecule has 0 bridgehead atoms. The highest BCUT2D eigenvalue weighted by Crippen LogP contribution is 2.14. The molecular weight excluding hydrogens is 404 g/mol. The summed E-state index contributed by atoms with van der Waals surface area (Å²) in [5.74, 6) is 4.92. The number of rotatable bonds is 18. The summed E-state index contributed by atoms with van der Waals surface area (Å²) in [5, 5.41) is 9.72. The number of unbranched alkanes of at least 4 members (excludes halogenated alkanes) is 15. The number of hydrogen-bond acceptors (Lipinski definition) is 5. The van der Waals surface area contributed by atoms with Gasteiger partial charge in [-0.05, 0) is 30.7 Å². The lowest BCUT2D eigenvalue weighted by Crippen LogP contribution is -2.43. The van der Waals surface area contributed by atoms with Gasteiger partial charge in [-0.3, -0.25) is 4.79 Å². The molecule has 0 fully saturated rings.